The molecular weight excluding hydrogens is 236 g/mol. The molecule has 0 heterocycles. The number of carbonyl (C=O) groups excluding carboxylic acids is 1. The highest BCUT2D eigenvalue weighted by molar-refractivity contribution is 7.99. The first-order valence-electron chi connectivity index (χ1n) is 6.08. The molecular formula is C12H26N2O2S. The van der Waals surface area contributed by atoms with Gasteiger partial charge in [-0.1, -0.05) is 6.92 Å². The van der Waals surface area contributed by atoms with E-state index >= 15 is 0 Å². The topological polar surface area (TPSA) is 52.6 Å². The molecule has 0 aromatic rings. The molecule has 4 nitrogen and oxygen atoms in total. The summed E-state index contributed by atoms with van der Waals surface area (Å²) < 4.78 is 0. The van der Waals surface area contributed by atoms with Crippen molar-refractivity contribution in [2.24, 2.45) is 0 Å². The molecule has 0 rings (SSSR count). The Labute approximate surface area is 109 Å². The molecule has 0 aliphatic heterocycles. The standard InChI is InChI=1S/C12H26N2O2S/c1-6-17-8-7-10(2)13-11(15)14(5)9-12(3,4)16/h10,16H,6-9H2,1-5H3,(H,13,15). The number of nitrogens with one attached hydrogen (secondary N) is 1. The lowest BCUT2D eigenvalue weighted by Crippen LogP contribution is -2.47. The highest BCUT2D eigenvalue weighted by Gasteiger charge is 2.19. The molecule has 0 saturated heterocycles. The normalized spacial score (nSPS) is 13.3. The summed E-state index contributed by atoms with van der Waals surface area (Å²) in [6, 6.07) is 0.0481. The Balaban J connectivity index is 3.91. The fourth-order valence-corrected chi connectivity index (χ4v) is 2.26. The van der Waals surface area contributed by atoms with E-state index in [0.717, 1.165) is 17.9 Å². The highest BCUT2D eigenvalue weighted by Crippen LogP contribution is 2.06. The largest absolute Gasteiger partial charge is 0.389 e. The van der Waals surface area contributed by atoms with Crippen molar-refractivity contribution in [2.75, 3.05) is 25.1 Å². The second kappa shape index (κ2) is 7.82. The van der Waals surface area contributed by atoms with Crippen molar-refractivity contribution in [2.45, 2.75) is 45.8 Å². The average molecular weight is 262 g/mol. The minimum absolute atomic E-state index is 0.124. The molecule has 2 N–H and O–H groups in total. The van der Waals surface area contributed by atoms with Gasteiger partial charge in [-0.25, -0.2) is 4.79 Å². The van der Waals surface area contributed by atoms with Crippen molar-refractivity contribution in [3.63, 3.8) is 0 Å². The van der Waals surface area contributed by atoms with E-state index in [1.54, 1.807) is 20.9 Å². The van der Waals surface area contributed by atoms with Gasteiger partial charge in [-0.2, -0.15) is 11.8 Å². The zero-order chi connectivity index (χ0) is 13.5. The van der Waals surface area contributed by atoms with Crippen LogP contribution in [0.2, 0.25) is 0 Å². The van der Waals surface area contributed by atoms with E-state index in [2.05, 4.69) is 12.2 Å². The number of urea groups is 1. The molecule has 0 aromatic heterocycles. The van der Waals surface area contributed by atoms with Crippen LogP contribution in [0.3, 0.4) is 0 Å². The highest BCUT2D eigenvalue weighted by atomic mass is 32.2. The molecule has 0 fully saturated rings. The minimum Gasteiger partial charge on any atom is -0.389 e. The van der Waals surface area contributed by atoms with Crippen molar-refractivity contribution in [1.82, 2.24) is 10.2 Å². The third kappa shape index (κ3) is 9.30. The third-order valence-electron chi connectivity index (χ3n) is 2.24. The van der Waals surface area contributed by atoms with E-state index in [-0.39, 0.29) is 12.1 Å². The fraction of sp³-hybridized carbons (Fsp3) is 0.917. The zero-order valence-electron chi connectivity index (χ0n) is 11.6. The van der Waals surface area contributed by atoms with Crippen LogP contribution in [0.1, 0.15) is 34.1 Å². The lowest BCUT2D eigenvalue weighted by atomic mass is 10.1. The van der Waals surface area contributed by atoms with Gasteiger partial charge in [0.05, 0.1) is 12.1 Å². The Bertz CT molecular complexity index is 229. The molecule has 1 atom stereocenters. The summed E-state index contributed by atoms with van der Waals surface area (Å²) >= 11 is 1.88. The Kier molecular flexibility index (Phi) is 7.63. The predicted octanol–water partition coefficient (Wildman–Crippen LogP) is 1.93. The maximum atomic E-state index is 11.8. The van der Waals surface area contributed by atoms with E-state index in [0.29, 0.717) is 6.54 Å². The van der Waals surface area contributed by atoms with Crippen LogP contribution in [0.5, 0.6) is 0 Å². The van der Waals surface area contributed by atoms with Crippen molar-refractivity contribution in [3.8, 4) is 0 Å². The molecule has 0 aromatic carbocycles. The summed E-state index contributed by atoms with van der Waals surface area (Å²) in [6.07, 6.45) is 0.973. The van der Waals surface area contributed by atoms with Crippen LogP contribution in [0.15, 0.2) is 0 Å². The molecule has 1 unspecified atom stereocenters. The number of amides is 2. The lowest BCUT2D eigenvalue weighted by Gasteiger charge is -2.27. The maximum Gasteiger partial charge on any atom is 0.317 e. The first-order chi connectivity index (χ1) is 7.76. The van der Waals surface area contributed by atoms with E-state index < -0.39 is 5.60 Å². The van der Waals surface area contributed by atoms with Crippen LogP contribution in [0.25, 0.3) is 0 Å². The number of aliphatic hydroxyl groups is 1. The summed E-state index contributed by atoms with van der Waals surface area (Å²) in [5, 5.41) is 12.5. The summed E-state index contributed by atoms with van der Waals surface area (Å²) in [7, 11) is 1.70. The van der Waals surface area contributed by atoms with Gasteiger partial charge in [0.25, 0.3) is 0 Å². The van der Waals surface area contributed by atoms with Crippen LogP contribution < -0.4 is 5.32 Å². The van der Waals surface area contributed by atoms with Crippen LogP contribution in [0, 0.1) is 0 Å². The van der Waals surface area contributed by atoms with Crippen LogP contribution >= 0.6 is 11.8 Å². The second-order valence-electron chi connectivity index (χ2n) is 5.00. The first-order valence-corrected chi connectivity index (χ1v) is 7.23. The van der Waals surface area contributed by atoms with Crippen molar-refractivity contribution < 1.29 is 9.90 Å². The van der Waals surface area contributed by atoms with E-state index in [9.17, 15) is 9.90 Å². The summed E-state index contributed by atoms with van der Waals surface area (Å²) in [5.41, 5.74) is -0.854. The Hall–Kier alpha value is -0.420. The van der Waals surface area contributed by atoms with Gasteiger partial charge in [-0.3, -0.25) is 0 Å². The van der Waals surface area contributed by atoms with Crippen molar-refractivity contribution >= 4 is 17.8 Å². The van der Waals surface area contributed by atoms with E-state index in [1.165, 1.54) is 4.90 Å². The third-order valence-corrected chi connectivity index (χ3v) is 3.17. The molecule has 0 radical (unpaired) electrons. The van der Waals surface area contributed by atoms with E-state index in [4.69, 9.17) is 0 Å². The maximum absolute atomic E-state index is 11.8. The lowest BCUT2D eigenvalue weighted by molar-refractivity contribution is 0.0528. The number of likely N-dealkylation sites (N-methyl/N-ethyl adjacent to an activating group) is 1. The summed E-state index contributed by atoms with van der Waals surface area (Å²) in [6.45, 7) is 7.85. The van der Waals surface area contributed by atoms with Gasteiger partial charge >= 0.3 is 6.03 Å². The minimum atomic E-state index is -0.854. The number of rotatable bonds is 7. The molecule has 0 aliphatic rings. The Morgan fingerprint density at radius 1 is 1.53 bits per heavy atom. The number of carbonyl (C=O) groups is 1. The monoisotopic (exact) mass is 262 g/mol. The molecule has 2 amide bonds. The Morgan fingerprint density at radius 2 is 2.12 bits per heavy atom. The van der Waals surface area contributed by atoms with Gasteiger partial charge in [-0.15, -0.1) is 0 Å². The number of hydrogen-bond acceptors (Lipinski definition) is 3. The fourth-order valence-electron chi connectivity index (χ4n) is 1.45. The first kappa shape index (κ1) is 16.6. The van der Waals surface area contributed by atoms with Crippen LogP contribution in [-0.4, -0.2) is 52.8 Å². The van der Waals surface area contributed by atoms with Crippen molar-refractivity contribution in [1.29, 1.82) is 0 Å². The number of hydrogen-bond donors (Lipinski definition) is 2. The molecule has 0 bridgehead atoms. The summed E-state index contributed by atoms with van der Waals surface area (Å²) in [4.78, 5) is 13.3. The molecule has 17 heavy (non-hydrogen) atoms. The second-order valence-corrected chi connectivity index (χ2v) is 6.40. The molecule has 0 spiro atoms. The summed E-state index contributed by atoms with van der Waals surface area (Å²) in [5.74, 6) is 2.17. The van der Waals surface area contributed by atoms with Gasteiger partial charge in [0.15, 0.2) is 0 Å². The molecule has 0 aliphatic carbocycles. The van der Waals surface area contributed by atoms with Crippen molar-refractivity contribution in [3.05, 3.63) is 0 Å². The van der Waals surface area contributed by atoms with Gasteiger partial charge in [0, 0.05) is 13.1 Å². The number of nitrogens with zero attached hydrogens (tertiary/aromatic N) is 1. The van der Waals surface area contributed by atoms with Gasteiger partial charge in [0.2, 0.25) is 0 Å². The molecule has 102 valence electrons. The van der Waals surface area contributed by atoms with Gasteiger partial charge in [-0.05, 0) is 38.7 Å². The van der Waals surface area contributed by atoms with Crippen LogP contribution in [0.4, 0.5) is 4.79 Å². The van der Waals surface area contributed by atoms with Crippen LogP contribution in [-0.2, 0) is 0 Å². The quantitative estimate of drug-likeness (QED) is 0.689. The average Bonchev–Trinajstić information content (AvgIpc) is 2.15. The SMILES string of the molecule is CCSCCC(C)NC(=O)N(C)CC(C)(C)O. The zero-order valence-corrected chi connectivity index (χ0v) is 12.4. The van der Waals surface area contributed by atoms with E-state index in [1.807, 2.05) is 18.7 Å². The number of thioether (sulfide) groups is 1. The predicted molar refractivity (Wildman–Crippen MR) is 74.5 cm³/mol. The van der Waals surface area contributed by atoms with Gasteiger partial charge in [0.1, 0.15) is 0 Å². The molecule has 0 saturated carbocycles. The molecule has 5 heteroatoms. The Morgan fingerprint density at radius 3 is 2.59 bits per heavy atom. The van der Waals surface area contributed by atoms with Gasteiger partial charge < -0.3 is 15.3 Å². The smallest absolute Gasteiger partial charge is 0.317 e.